The lowest BCUT2D eigenvalue weighted by Gasteiger charge is -2.28. The maximum absolute atomic E-state index is 12.7. The molecule has 0 fully saturated rings. The molecule has 0 bridgehead atoms. The fourth-order valence-corrected chi connectivity index (χ4v) is 6.62. The van der Waals surface area contributed by atoms with E-state index in [0.29, 0.717) is 49.1 Å². The number of hydrogen-bond acceptors (Lipinski definition) is 9. The van der Waals surface area contributed by atoms with E-state index in [1.54, 1.807) is 48.5 Å². The van der Waals surface area contributed by atoms with Crippen LogP contribution in [0.25, 0.3) is 6.08 Å². The summed E-state index contributed by atoms with van der Waals surface area (Å²) < 4.78 is 39.0. The van der Waals surface area contributed by atoms with Crippen LogP contribution in [0.3, 0.4) is 0 Å². The summed E-state index contributed by atoms with van der Waals surface area (Å²) in [5.41, 5.74) is 1.08. The Morgan fingerprint density at radius 3 is 2.05 bits per heavy atom. The molecule has 0 radical (unpaired) electrons. The molecule has 0 saturated heterocycles. The minimum Gasteiger partial charge on any atom is -0.494 e. The second-order valence-electron chi connectivity index (χ2n) is 8.68. The zero-order valence-electron chi connectivity index (χ0n) is 24.2. The number of esters is 2. The number of unbranched alkanes of at least 4 members (excludes halogenated alkanes) is 3. The number of carbonyl (C=O) groups is 2. The third kappa shape index (κ3) is 11.1. The molecule has 0 amide bonds. The molecule has 0 aromatic heterocycles. The maximum Gasteiger partial charge on any atom is 0.500 e. The highest BCUT2D eigenvalue weighted by Crippen LogP contribution is 2.29. The molecule has 2 rings (SSSR count). The molecule has 2 aromatic rings. The van der Waals surface area contributed by atoms with Crippen molar-refractivity contribution < 1.29 is 41.8 Å². The van der Waals surface area contributed by atoms with E-state index in [2.05, 4.69) is 4.74 Å². The number of ether oxygens (including phenoxy) is 4. The van der Waals surface area contributed by atoms with Crippen LogP contribution in [0.15, 0.2) is 48.5 Å². The van der Waals surface area contributed by atoms with E-state index < -0.39 is 20.7 Å². The Balaban J connectivity index is 1.79. The molecule has 9 nitrogen and oxygen atoms in total. The maximum atomic E-state index is 12.7. The second kappa shape index (κ2) is 18.2. The predicted molar refractivity (Wildman–Crippen MR) is 155 cm³/mol. The molecule has 2 aromatic carbocycles. The highest BCUT2D eigenvalue weighted by molar-refractivity contribution is 6.60. The van der Waals surface area contributed by atoms with Crippen LogP contribution in [0.2, 0.25) is 6.04 Å². The first kappa shape index (κ1) is 33.0. The largest absolute Gasteiger partial charge is 0.500 e. The van der Waals surface area contributed by atoms with Crippen molar-refractivity contribution in [1.82, 2.24) is 0 Å². The van der Waals surface area contributed by atoms with Gasteiger partial charge in [0.15, 0.2) is 11.5 Å². The average molecular weight is 575 g/mol. The van der Waals surface area contributed by atoms with Gasteiger partial charge in [0.1, 0.15) is 5.75 Å². The first-order valence-electron chi connectivity index (χ1n) is 13.7. The smallest absolute Gasteiger partial charge is 0.494 e. The Labute approximate surface area is 238 Å². The lowest BCUT2D eigenvalue weighted by Crippen LogP contribution is -2.45. The van der Waals surface area contributed by atoms with Crippen LogP contribution in [-0.4, -0.2) is 61.4 Å². The first-order chi connectivity index (χ1) is 19.4. The van der Waals surface area contributed by atoms with E-state index in [1.807, 2.05) is 20.8 Å². The summed E-state index contributed by atoms with van der Waals surface area (Å²) in [4.78, 5) is 24.0. The molecule has 0 N–H and O–H groups in total. The van der Waals surface area contributed by atoms with Crippen molar-refractivity contribution in [3.8, 4) is 17.2 Å². The van der Waals surface area contributed by atoms with E-state index in [1.165, 1.54) is 20.3 Å². The minimum absolute atomic E-state index is 0.270. The van der Waals surface area contributed by atoms with Crippen LogP contribution in [0.4, 0.5) is 0 Å². The van der Waals surface area contributed by atoms with Gasteiger partial charge in [0.25, 0.3) is 0 Å². The SMILES string of the molecule is CCO[Si](CCCCCCOc1ccc(C(=O)Oc2ccc(C=CC(=O)OC)cc2OC)cc1)(OCC)OCC. The first-order valence-corrected chi connectivity index (χ1v) is 15.6. The van der Waals surface area contributed by atoms with E-state index in [-0.39, 0.29) is 5.75 Å². The third-order valence-electron chi connectivity index (χ3n) is 5.83. The molecule has 0 aliphatic carbocycles. The summed E-state index contributed by atoms with van der Waals surface area (Å²) in [5.74, 6) is 0.331. The van der Waals surface area contributed by atoms with Crippen molar-refractivity contribution in [1.29, 1.82) is 0 Å². The lowest BCUT2D eigenvalue weighted by atomic mass is 10.2. The molecule has 0 spiro atoms. The minimum atomic E-state index is -2.57. The molecule has 220 valence electrons. The Bertz CT molecular complexity index is 1050. The Kier molecular flexibility index (Phi) is 15.0. The molecule has 40 heavy (non-hydrogen) atoms. The van der Waals surface area contributed by atoms with E-state index in [4.69, 9.17) is 27.5 Å². The van der Waals surface area contributed by atoms with Gasteiger partial charge in [0.05, 0.1) is 26.4 Å². The van der Waals surface area contributed by atoms with Crippen LogP contribution in [0.1, 0.15) is 62.4 Å². The van der Waals surface area contributed by atoms with Gasteiger partial charge in [-0.05, 0) is 81.7 Å². The summed E-state index contributed by atoms with van der Waals surface area (Å²) in [5, 5.41) is 0. The van der Waals surface area contributed by atoms with Gasteiger partial charge in [-0.2, -0.15) is 0 Å². The normalized spacial score (nSPS) is 11.4. The van der Waals surface area contributed by atoms with Gasteiger partial charge in [-0.15, -0.1) is 0 Å². The Morgan fingerprint density at radius 2 is 1.45 bits per heavy atom. The summed E-state index contributed by atoms with van der Waals surface area (Å²) in [6, 6.07) is 12.6. The van der Waals surface area contributed by atoms with E-state index >= 15 is 0 Å². The topological polar surface area (TPSA) is 98.8 Å². The number of hydrogen-bond donors (Lipinski definition) is 0. The quantitative estimate of drug-likeness (QED) is 0.0649. The standard InChI is InChI=1S/C30H42O9Si/c1-6-36-40(37-7-2,38-8-3)22-12-10-9-11-21-35-26-17-15-25(16-18-26)30(32)39-27-19-13-24(23-28(27)33-4)14-20-29(31)34-5/h13-20,23H,6-12,21-22H2,1-5H3. The molecule has 10 heteroatoms. The van der Waals surface area contributed by atoms with Crippen molar-refractivity contribution in [2.75, 3.05) is 40.6 Å². The fraction of sp³-hybridized carbons (Fsp3) is 0.467. The lowest BCUT2D eigenvalue weighted by molar-refractivity contribution is -0.134. The van der Waals surface area contributed by atoms with E-state index in [9.17, 15) is 9.59 Å². The number of benzene rings is 2. The molecular weight excluding hydrogens is 532 g/mol. The van der Waals surface area contributed by atoms with Crippen LogP contribution in [0.5, 0.6) is 17.2 Å². The third-order valence-corrected chi connectivity index (χ3v) is 8.98. The summed E-state index contributed by atoms with van der Waals surface area (Å²) >= 11 is 0. The average Bonchev–Trinajstić information content (AvgIpc) is 2.96. The van der Waals surface area contributed by atoms with Gasteiger partial charge in [-0.3, -0.25) is 0 Å². The highest BCUT2D eigenvalue weighted by Gasteiger charge is 2.39. The molecule has 0 aliphatic heterocycles. The van der Waals surface area contributed by atoms with Gasteiger partial charge >= 0.3 is 20.7 Å². The van der Waals surface area contributed by atoms with Gasteiger partial charge in [-0.25, -0.2) is 9.59 Å². The Morgan fingerprint density at radius 1 is 0.800 bits per heavy atom. The molecule has 0 aliphatic rings. The van der Waals surface area contributed by atoms with Gasteiger partial charge in [0.2, 0.25) is 0 Å². The van der Waals surface area contributed by atoms with Crippen LogP contribution >= 0.6 is 0 Å². The Hall–Kier alpha value is -3.18. The van der Waals surface area contributed by atoms with Crippen LogP contribution < -0.4 is 14.2 Å². The zero-order valence-corrected chi connectivity index (χ0v) is 25.2. The van der Waals surface area contributed by atoms with Crippen molar-refractivity contribution >= 4 is 26.8 Å². The van der Waals surface area contributed by atoms with Crippen molar-refractivity contribution in [2.24, 2.45) is 0 Å². The van der Waals surface area contributed by atoms with Crippen LogP contribution in [0, 0.1) is 0 Å². The summed E-state index contributed by atoms with van der Waals surface area (Å²) in [7, 11) is 0.215. The molecular formula is C30H42O9Si. The van der Waals surface area contributed by atoms with Crippen molar-refractivity contribution in [3.05, 3.63) is 59.7 Å². The van der Waals surface area contributed by atoms with Crippen molar-refractivity contribution in [2.45, 2.75) is 52.5 Å². The number of carbonyl (C=O) groups excluding carboxylic acids is 2. The number of rotatable bonds is 19. The van der Waals surface area contributed by atoms with Gasteiger partial charge in [-0.1, -0.05) is 18.9 Å². The molecule has 0 atom stereocenters. The predicted octanol–water partition coefficient (Wildman–Crippen LogP) is 6.09. The fourth-order valence-electron chi connectivity index (χ4n) is 3.94. The monoisotopic (exact) mass is 574 g/mol. The molecule has 0 saturated carbocycles. The molecule has 0 heterocycles. The summed E-state index contributed by atoms with van der Waals surface area (Å²) in [6.45, 7) is 8.27. The molecule has 0 unspecified atom stereocenters. The van der Waals surface area contributed by atoms with E-state index in [0.717, 1.165) is 31.7 Å². The van der Waals surface area contributed by atoms with Crippen LogP contribution in [-0.2, 0) is 22.8 Å². The highest BCUT2D eigenvalue weighted by atomic mass is 28.4. The van der Waals surface area contributed by atoms with Gasteiger partial charge in [0, 0.05) is 31.9 Å². The number of methoxy groups -OCH3 is 2. The zero-order chi connectivity index (χ0) is 29.2. The van der Waals surface area contributed by atoms with Crippen molar-refractivity contribution in [3.63, 3.8) is 0 Å². The van der Waals surface area contributed by atoms with Gasteiger partial charge < -0.3 is 32.2 Å². The second-order valence-corrected chi connectivity index (χ2v) is 11.4. The summed E-state index contributed by atoms with van der Waals surface area (Å²) in [6.07, 6.45) is 6.85.